The monoisotopic (exact) mass is 383 g/mol. The summed E-state index contributed by atoms with van der Waals surface area (Å²) in [6.07, 6.45) is 0. The molecule has 1 saturated heterocycles. The van der Waals surface area contributed by atoms with Gasteiger partial charge < -0.3 is 14.7 Å². The van der Waals surface area contributed by atoms with Crippen molar-refractivity contribution < 1.29 is 27.9 Å². The van der Waals surface area contributed by atoms with Gasteiger partial charge in [0.15, 0.2) is 5.69 Å². The Bertz CT molecular complexity index is 907. The Labute approximate surface area is 146 Å². The third-order valence-corrected chi connectivity index (χ3v) is 5.68. The highest BCUT2D eigenvalue weighted by molar-refractivity contribution is 7.93. The first-order valence-electron chi connectivity index (χ1n) is 7.06. The fraction of sp³-hybridized carbons (Fsp3) is 0.214. The SMILES string of the molecule is O=C(O)c1ncsc1NS(=O)(=O)c1ccc(N2CCOCC2=O)cc1. The Morgan fingerprint density at radius 1 is 1.32 bits per heavy atom. The van der Waals surface area contributed by atoms with Gasteiger partial charge in [0, 0.05) is 12.2 Å². The maximum atomic E-state index is 12.4. The van der Waals surface area contributed by atoms with E-state index in [1.165, 1.54) is 34.7 Å². The molecule has 1 amide bonds. The number of aromatic carboxylic acids is 1. The van der Waals surface area contributed by atoms with Gasteiger partial charge in [-0.25, -0.2) is 18.2 Å². The minimum Gasteiger partial charge on any atom is -0.476 e. The van der Waals surface area contributed by atoms with Gasteiger partial charge in [-0.2, -0.15) is 0 Å². The Morgan fingerprint density at radius 2 is 2.04 bits per heavy atom. The van der Waals surface area contributed by atoms with E-state index >= 15 is 0 Å². The third-order valence-electron chi connectivity index (χ3n) is 3.44. The summed E-state index contributed by atoms with van der Waals surface area (Å²) in [7, 11) is -3.97. The van der Waals surface area contributed by atoms with Crippen molar-refractivity contribution >= 4 is 43.9 Å². The van der Waals surface area contributed by atoms with E-state index in [-0.39, 0.29) is 28.1 Å². The summed E-state index contributed by atoms with van der Waals surface area (Å²) in [5.74, 6) is -1.52. The van der Waals surface area contributed by atoms with Gasteiger partial charge in [-0.3, -0.25) is 9.52 Å². The number of anilines is 2. The molecular formula is C14H13N3O6S2. The third kappa shape index (κ3) is 3.62. The smallest absolute Gasteiger partial charge is 0.357 e. The largest absolute Gasteiger partial charge is 0.476 e. The Balaban J connectivity index is 1.82. The van der Waals surface area contributed by atoms with Gasteiger partial charge in [-0.05, 0) is 24.3 Å². The molecule has 1 aromatic heterocycles. The zero-order chi connectivity index (χ0) is 18.0. The molecule has 0 unspecified atom stereocenters. The van der Waals surface area contributed by atoms with Gasteiger partial charge in [0.2, 0.25) is 0 Å². The first kappa shape index (κ1) is 17.3. The second-order valence-corrected chi connectivity index (χ2v) is 7.57. The lowest BCUT2D eigenvalue weighted by molar-refractivity contribution is -0.125. The van der Waals surface area contributed by atoms with Crippen LogP contribution in [0.2, 0.25) is 0 Å². The molecule has 1 aromatic carbocycles. The number of carbonyl (C=O) groups excluding carboxylic acids is 1. The van der Waals surface area contributed by atoms with Gasteiger partial charge >= 0.3 is 5.97 Å². The number of amides is 1. The number of benzene rings is 1. The zero-order valence-corrected chi connectivity index (χ0v) is 14.3. The van der Waals surface area contributed by atoms with Crippen LogP contribution in [0.1, 0.15) is 10.5 Å². The van der Waals surface area contributed by atoms with Crippen LogP contribution in [-0.2, 0) is 19.6 Å². The van der Waals surface area contributed by atoms with Crippen molar-refractivity contribution in [1.29, 1.82) is 0 Å². The minimum atomic E-state index is -3.97. The molecule has 9 nitrogen and oxygen atoms in total. The summed E-state index contributed by atoms with van der Waals surface area (Å²) in [6, 6.07) is 5.73. The number of sulfonamides is 1. The minimum absolute atomic E-state index is 0.00898. The van der Waals surface area contributed by atoms with E-state index in [0.717, 1.165) is 11.3 Å². The lowest BCUT2D eigenvalue weighted by Gasteiger charge is -2.26. The number of carboxylic acids is 1. The number of carboxylic acid groups (broad SMARTS) is 1. The van der Waals surface area contributed by atoms with Crippen LogP contribution < -0.4 is 9.62 Å². The molecule has 0 saturated carbocycles. The summed E-state index contributed by atoms with van der Waals surface area (Å²) < 4.78 is 32.1. The van der Waals surface area contributed by atoms with Crippen LogP contribution in [-0.4, -0.2) is 50.1 Å². The number of aromatic nitrogens is 1. The first-order chi connectivity index (χ1) is 11.9. The Morgan fingerprint density at radius 3 is 2.68 bits per heavy atom. The highest BCUT2D eigenvalue weighted by Crippen LogP contribution is 2.25. The second-order valence-electron chi connectivity index (χ2n) is 5.03. The van der Waals surface area contributed by atoms with Crippen LogP contribution in [0.3, 0.4) is 0 Å². The van der Waals surface area contributed by atoms with E-state index in [4.69, 9.17) is 9.84 Å². The van der Waals surface area contributed by atoms with Crippen LogP contribution in [0.15, 0.2) is 34.7 Å². The van der Waals surface area contributed by atoms with Crippen LogP contribution in [0, 0.1) is 0 Å². The molecule has 1 fully saturated rings. The lowest BCUT2D eigenvalue weighted by atomic mass is 10.2. The number of thiazole rings is 1. The second kappa shape index (κ2) is 6.78. The molecule has 3 rings (SSSR count). The molecule has 0 radical (unpaired) electrons. The van der Waals surface area contributed by atoms with E-state index in [1.54, 1.807) is 0 Å². The molecule has 0 aliphatic carbocycles. The normalized spacial score (nSPS) is 15.2. The maximum absolute atomic E-state index is 12.4. The topological polar surface area (TPSA) is 126 Å². The van der Waals surface area contributed by atoms with Crippen molar-refractivity contribution in [1.82, 2.24) is 4.98 Å². The van der Waals surface area contributed by atoms with Gasteiger partial charge in [-0.1, -0.05) is 0 Å². The molecule has 0 atom stereocenters. The molecule has 2 N–H and O–H groups in total. The van der Waals surface area contributed by atoms with Crippen molar-refractivity contribution in [3.8, 4) is 0 Å². The molecule has 0 bridgehead atoms. The molecule has 25 heavy (non-hydrogen) atoms. The first-order valence-corrected chi connectivity index (χ1v) is 9.42. The summed E-state index contributed by atoms with van der Waals surface area (Å²) >= 11 is 0.877. The molecule has 2 heterocycles. The summed E-state index contributed by atoms with van der Waals surface area (Å²) in [5.41, 5.74) is 1.45. The van der Waals surface area contributed by atoms with Crippen LogP contribution in [0.25, 0.3) is 0 Å². The average molecular weight is 383 g/mol. The molecule has 132 valence electrons. The van der Waals surface area contributed by atoms with Gasteiger partial charge in [0.25, 0.3) is 15.9 Å². The molecule has 1 aliphatic rings. The van der Waals surface area contributed by atoms with Gasteiger partial charge in [0.1, 0.15) is 11.6 Å². The number of rotatable bonds is 5. The molecule has 2 aromatic rings. The number of nitrogens with one attached hydrogen (secondary N) is 1. The highest BCUT2D eigenvalue weighted by atomic mass is 32.2. The fourth-order valence-electron chi connectivity index (χ4n) is 2.25. The van der Waals surface area contributed by atoms with Gasteiger partial charge in [0.05, 0.1) is 17.0 Å². The Hall–Kier alpha value is -2.50. The fourth-order valence-corrected chi connectivity index (χ4v) is 4.24. The number of nitrogens with zero attached hydrogens (tertiary/aromatic N) is 2. The van der Waals surface area contributed by atoms with E-state index in [9.17, 15) is 18.0 Å². The number of hydrogen-bond acceptors (Lipinski definition) is 7. The average Bonchev–Trinajstić information content (AvgIpc) is 3.03. The van der Waals surface area contributed by atoms with E-state index in [0.29, 0.717) is 18.8 Å². The number of morpholine rings is 1. The van der Waals surface area contributed by atoms with Crippen molar-refractivity contribution in [3.05, 3.63) is 35.5 Å². The standard InChI is InChI=1S/C14H13N3O6S2/c18-11-7-23-6-5-17(11)9-1-3-10(4-2-9)25(21,22)16-13-12(14(19)20)15-8-24-13/h1-4,8,16H,5-7H2,(H,19,20). The predicted molar refractivity (Wildman–Crippen MR) is 89.5 cm³/mol. The van der Waals surface area contributed by atoms with Crippen molar-refractivity contribution in [2.45, 2.75) is 4.90 Å². The lowest BCUT2D eigenvalue weighted by Crippen LogP contribution is -2.41. The van der Waals surface area contributed by atoms with Crippen LogP contribution in [0.4, 0.5) is 10.7 Å². The van der Waals surface area contributed by atoms with E-state index < -0.39 is 16.0 Å². The quantitative estimate of drug-likeness (QED) is 0.789. The van der Waals surface area contributed by atoms with Crippen molar-refractivity contribution in [3.63, 3.8) is 0 Å². The number of hydrogen-bond donors (Lipinski definition) is 2. The number of ether oxygens (including phenoxy) is 1. The van der Waals surface area contributed by atoms with Crippen molar-refractivity contribution in [2.24, 2.45) is 0 Å². The van der Waals surface area contributed by atoms with E-state index in [1.807, 2.05) is 0 Å². The maximum Gasteiger partial charge on any atom is 0.357 e. The molecular weight excluding hydrogens is 370 g/mol. The number of carbonyl (C=O) groups is 2. The van der Waals surface area contributed by atoms with E-state index in [2.05, 4.69) is 9.71 Å². The molecule has 0 spiro atoms. The zero-order valence-electron chi connectivity index (χ0n) is 12.7. The molecule has 1 aliphatic heterocycles. The Kier molecular flexibility index (Phi) is 4.70. The molecule has 11 heteroatoms. The summed E-state index contributed by atoms with van der Waals surface area (Å²) in [5, 5.41) is 8.92. The highest BCUT2D eigenvalue weighted by Gasteiger charge is 2.23. The van der Waals surface area contributed by atoms with Crippen LogP contribution in [0.5, 0.6) is 0 Å². The predicted octanol–water partition coefficient (Wildman–Crippen LogP) is 1.01. The van der Waals surface area contributed by atoms with Crippen LogP contribution >= 0.6 is 11.3 Å². The van der Waals surface area contributed by atoms with Crippen molar-refractivity contribution in [2.75, 3.05) is 29.4 Å². The summed E-state index contributed by atoms with van der Waals surface area (Å²) in [4.78, 5) is 27.9. The summed E-state index contributed by atoms with van der Waals surface area (Å²) in [6.45, 7) is 0.799. The van der Waals surface area contributed by atoms with Gasteiger partial charge in [-0.15, -0.1) is 11.3 Å².